The summed E-state index contributed by atoms with van der Waals surface area (Å²) >= 11 is 0. The number of hydrogen-bond donors (Lipinski definition) is 1. The summed E-state index contributed by atoms with van der Waals surface area (Å²) in [6.07, 6.45) is 0.611. The van der Waals surface area contributed by atoms with Crippen LogP contribution < -0.4 is 10.2 Å². The quantitative estimate of drug-likeness (QED) is 0.374. The molecule has 0 bridgehead atoms. The van der Waals surface area contributed by atoms with Gasteiger partial charge in [0.1, 0.15) is 0 Å². The van der Waals surface area contributed by atoms with Gasteiger partial charge in [-0.3, -0.25) is 0 Å². The maximum absolute atomic E-state index is 14.0. The van der Waals surface area contributed by atoms with Crippen LogP contribution in [-0.2, 0) is 23.0 Å². The summed E-state index contributed by atoms with van der Waals surface area (Å²) in [5.74, 6) is 0. The Balaban J connectivity index is 1.55. The smallest absolute Gasteiger partial charge is 0.243 e. The highest BCUT2D eigenvalue weighted by Gasteiger charge is 2.34. The predicted octanol–water partition coefficient (Wildman–Crippen LogP) is 5.65. The van der Waals surface area contributed by atoms with E-state index in [4.69, 9.17) is 0 Å². The van der Waals surface area contributed by atoms with Crippen LogP contribution in [0.4, 0.5) is 11.4 Å². The highest BCUT2D eigenvalue weighted by molar-refractivity contribution is 7.89. The topological polar surface area (TPSA) is 52.6 Å². The molecular formula is C30H31N3O2S. The minimum absolute atomic E-state index is 0.250. The van der Waals surface area contributed by atoms with Gasteiger partial charge in [0.05, 0.1) is 4.90 Å². The molecule has 184 valence electrons. The molecular weight excluding hydrogens is 466 g/mol. The Morgan fingerprint density at radius 3 is 2.28 bits per heavy atom. The Morgan fingerprint density at radius 1 is 0.833 bits per heavy atom. The van der Waals surface area contributed by atoms with Crippen LogP contribution in [0.3, 0.4) is 0 Å². The first-order valence-corrected chi connectivity index (χ1v) is 13.6. The van der Waals surface area contributed by atoms with Crippen molar-refractivity contribution in [3.63, 3.8) is 0 Å². The van der Waals surface area contributed by atoms with Crippen molar-refractivity contribution in [1.82, 2.24) is 4.31 Å². The molecule has 0 radical (unpaired) electrons. The van der Waals surface area contributed by atoms with Gasteiger partial charge in [0.2, 0.25) is 10.0 Å². The summed E-state index contributed by atoms with van der Waals surface area (Å²) in [4.78, 5) is 2.38. The van der Waals surface area contributed by atoms with Crippen LogP contribution in [0.2, 0.25) is 0 Å². The number of nitrogens with one attached hydrogen (secondary N) is 1. The number of hydrogen-bond acceptors (Lipinski definition) is 4. The molecule has 1 N–H and O–H groups in total. The van der Waals surface area contributed by atoms with E-state index in [1.54, 1.807) is 28.6 Å². The minimum Gasteiger partial charge on any atom is -0.383 e. The van der Waals surface area contributed by atoms with Gasteiger partial charge in [-0.25, -0.2) is 8.42 Å². The predicted molar refractivity (Wildman–Crippen MR) is 148 cm³/mol. The van der Waals surface area contributed by atoms with Crippen molar-refractivity contribution < 1.29 is 8.42 Å². The lowest BCUT2D eigenvalue weighted by Crippen LogP contribution is -2.43. The largest absolute Gasteiger partial charge is 0.383 e. The van der Waals surface area contributed by atoms with Crippen LogP contribution in [0.1, 0.15) is 11.1 Å². The van der Waals surface area contributed by atoms with E-state index in [-0.39, 0.29) is 6.04 Å². The molecule has 0 aliphatic carbocycles. The number of rotatable bonds is 6. The van der Waals surface area contributed by atoms with E-state index in [1.165, 1.54) is 0 Å². The molecule has 4 aromatic carbocycles. The fourth-order valence-electron chi connectivity index (χ4n) is 4.75. The summed E-state index contributed by atoms with van der Waals surface area (Å²) in [6, 6.07) is 33.3. The zero-order chi connectivity index (χ0) is 25.1. The van der Waals surface area contributed by atoms with Gasteiger partial charge in [-0.2, -0.15) is 4.31 Å². The first kappa shape index (κ1) is 24.1. The highest BCUT2D eigenvalue weighted by atomic mass is 32.2. The molecule has 4 aromatic rings. The molecule has 0 aromatic heterocycles. The SMILES string of the molecule is CN(C)c1cccc(C[C@@H]2CNc3ccc(-c4ccccc4)cc3CN2S(=O)(=O)c2ccccc2)c1. The first-order valence-electron chi connectivity index (χ1n) is 12.2. The van der Waals surface area contributed by atoms with Crippen molar-refractivity contribution in [2.45, 2.75) is 23.9 Å². The average molecular weight is 498 g/mol. The van der Waals surface area contributed by atoms with E-state index in [0.717, 1.165) is 33.6 Å². The van der Waals surface area contributed by atoms with E-state index in [0.29, 0.717) is 24.4 Å². The summed E-state index contributed by atoms with van der Waals surface area (Å²) in [7, 11) is 0.308. The molecule has 0 saturated carbocycles. The molecule has 0 fully saturated rings. The Kier molecular flexibility index (Phi) is 6.81. The van der Waals surface area contributed by atoms with Crippen LogP contribution in [0, 0.1) is 0 Å². The van der Waals surface area contributed by atoms with Gasteiger partial charge in [-0.05, 0) is 65.1 Å². The maximum Gasteiger partial charge on any atom is 0.243 e. The number of nitrogens with zero attached hydrogens (tertiary/aromatic N) is 2. The third kappa shape index (κ3) is 5.01. The third-order valence-corrected chi connectivity index (χ3v) is 8.63. The number of sulfonamides is 1. The van der Waals surface area contributed by atoms with Gasteiger partial charge >= 0.3 is 0 Å². The maximum atomic E-state index is 14.0. The van der Waals surface area contributed by atoms with Crippen LogP contribution in [0.25, 0.3) is 11.1 Å². The fourth-order valence-corrected chi connectivity index (χ4v) is 6.37. The standard InChI is InChI=1S/C30H31N3O2S/c1-32(2)27-13-9-10-23(18-27)19-28-21-31-30-17-16-25(24-11-5-3-6-12-24)20-26(30)22-33(28)36(34,35)29-14-7-4-8-15-29/h3-18,20,28,31H,19,21-22H2,1-2H3/t28-/m1/s1. The van der Waals surface area contributed by atoms with Gasteiger partial charge in [0.15, 0.2) is 0 Å². The lowest BCUT2D eigenvalue weighted by atomic mass is 10.0. The van der Waals surface area contributed by atoms with Crippen molar-refractivity contribution in [3.8, 4) is 11.1 Å². The normalized spacial score (nSPS) is 16.0. The summed E-state index contributed by atoms with van der Waals surface area (Å²) in [5, 5.41) is 3.55. The number of anilines is 2. The zero-order valence-corrected chi connectivity index (χ0v) is 21.4. The Morgan fingerprint density at radius 2 is 1.56 bits per heavy atom. The second-order valence-corrected chi connectivity index (χ2v) is 11.3. The first-order chi connectivity index (χ1) is 17.4. The summed E-state index contributed by atoms with van der Waals surface area (Å²) in [6.45, 7) is 0.828. The van der Waals surface area contributed by atoms with Crippen LogP contribution in [0.5, 0.6) is 0 Å². The monoisotopic (exact) mass is 497 g/mol. The molecule has 6 heteroatoms. The van der Waals surface area contributed by atoms with Crippen LogP contribution >= 0.6 is 0 Å². The summed E-state index contributed by atoms with van der Waals surface area (Å²) < 4.78 is 29.6. The van der Waals surface area contributed by atoms with Gasteiger partial charge in [-0.15, -0.1) is 0 Å². The molecule has 5 rings (SSSR count). The van der Waals surface area contributed by atoms with Crippen molar-refractivity contribution in [2.24, 2.45) is 0 Å². The third-order valence-electron chi connectivity index (χ3n) is 6.72. The second-order valence-electron chi connectivity index (χ2n) is 9.40. The highest BCUT2D eigenvalue weighted by Crippen LogP contribution is 2.32. The van der Waals surface area contributed by atoms with Gasteiger partial charge in [-0.1, -0.05) is 66.7 Å². The second kappa shape index (κ2) is 10.2. The van der Waals surface area contributed by atoms with Crippen LogP contribution in [0.15, 0.2) is 108 Å². The minimum atomic E-state index is -3.72. The van der Waals surface area contributed by atoms with E-state index >= 15 is 0 Å². The Hall–Kier alpha value is -3.61. The lowest BCUT2D eigenvalue weighted by Gasteiger charge is -2.29. The van der Waals surface area contributed by atoms with E-state index < -0.39 is 10.0 Å². The molecule has 1 heterocycles. The molecule has 0 spiro atoms. The van der Waals surface area contributed by atoms with Crippen molar-refractivity contribution in [3.05, 3.63) is 114 Å². The van der Waals surface area contributed by atoms with E-state index in [1.807, 2.05) is 44.4 Å². The number of benzene rings is 4. The molecule has 5 nitrogen and oxygen atoms in total. The van der Waals surface area contributed by atoms with Gasteiger partial charge in [0, 0.05) is 44.6 Å². The fraction of sp³-hybridized carbons (Fsp3) is 0.200. The Labute approximate surface area is 214 Å². The average Bonchev–Trinajstić information content (AvgIpc) is 3.09. The number of fused-ring (bicyclic) bond motifs is 1. The zero-order valence-electron chi connectivity index (χ0n) is 20.6. The molecule has 0 amide bonds. The van der Waals surface area contributed by atoms with E-state index in [9.17, 15) is 8.42 Å². The van der Waals surface area contributed by atoms with Crippen molar-refractivity contribution in [2.75, 3.05) is 30.9 Å². The molecule has 1 aliphatic rings. The molecule has 1 atom stereocenters. The van der Waals surface area contributed by atoms with Crippen molar-refractivity contribution in [1.29, 1.82) is 0 Å². The van der Waals surface area contributed by atoms with Gasteiger partial charge < -0.3 is 10.2 Å². The molecule has 1 aliphatic heterocycles. The van der Waals surface area contributed by atoms with Gasteiger partial charge in [0.25, 0.3) is 0 Å². The summed E-state index contributed by atoms with van der Waals surface area (Å²) in [5.41, 5.74) is 6.34. The van der Waals surface area contributed by atoms with E-state index in [2.05, 4.69) is 58.7 Å². The van der Waals surface area contributed by atoms with Crippen molar-refractivity contribution >= 4 is 21.4 Å². The molecule has 36 heavy (non-hydrogen) atoms. The molecule has 0 unspecified atom stereocenters. The van der Waals surface area contributed by atoms with Crippen LogP contribution in [-0.4, -0.2) is 39.4 Å². The molecule has 0 saturated heterocycles. The Bertz CT molecular complexity index is 1440. The lowest BCUT2D eigenvalue weighted by molar-refractivity contribution is 0.326.